The van der Waals surface area contributed by atoms with Gasteiger partial charge >= 0.3 is 0 Å². The molecule has 6 heteroatoms. The van der Waals surface area contributed by atoms with E-state index in [-0.39, 0.29) is 11.8 Å². The van der Waals surface area contributed by atoms with E-state index in [1.807, 2.05) is 30.3 Å². The number of hydrogen-bond donors (Lipinski definition) is 2. The van der Waals surface area contributed by atoms with Gasteiger partial charge in [-0.05, 0) is 44.2 Å². The molecular weight excluding hydrogens is 326 g/mol. The average molecular weight is 349 g/mol. The number of nitriles is 1. The van der Waals surface area contributed by atoms with Crippen LogP contribution in [0, 0.1) is 17.2 Å². The minimum Gasteiger partial charge on any atom is -0.382 e. The topological polar surface area (TPSA) is 96.7 Å². The molecule has 0 aliphatic heterocycles. The van der Waals surface area contributed by atoms with Gasteiger partial charge in [-0.2, -0.15) is 10.4 Å². The van der Waals surface area contributed by atoms with Crippen LogP contribution in [0.5, 0.6) is 0 Å². The number of para-hydroxylation sites is 1. The van der Waals surface area contributed by atoms with Crippen molar-refractivity contribution in [3.05, 3.63) is 53.7 Å². The van der Waals surface area contributed by atoms with E-state index >= 15 is 0 Å². The summed E-state index contributed by atoms with van der Waals surface area (Å²) in [7, 11) is 0. The molecule has 2 aromatic rings. The third-order valence-corrected chi connectivity index (χ3v) is 4.64. The Labute approximate surface area is 153 Å². The number of aromatic nitrogens is 2. The van der Waals surface area contributed by atoms with Gasteiger partial charge < -0.3 is 11.1 Å². The first-order chi connectivity index (χ1) is 12.7. The number of allylic oxidation sites excluding steroid dienone is 2. The number of nitrogens with two attached hydrogens (primary N) is 1. The lowest BCUT2D eigenvalue weighted by atomic mass is 9.94. The number of carbonyl (C=O) groups is 1. The van der Waals surface area contributed by atoms with E-state index in [9.17, 15) is 10.1 Å². The number of aryl methyl sites for hydroxylation is 1. The van der Waals surface area contributed by atoms with Gasteiger partial charge in [0.2, 0.25) is 5.91 Å². The van der Waals surface area contributed by atoms with E-state index in [1.165, 1.54) is 0 Å². The van der Waals surface area contributed by atoms with Crippen LogP contribution in [0.1, 0.15) is 36.9 Å². The molecule has 0 radical (unpaired) electrons. The Kier molecular flexibility index (Phi) is 5.69. The van der Waals surface area contributed by atoms with Gasteiger partial charge in [0.15, 0.2) is 0 Å². The zero-order valence-corrected chi connectivity index (χ0v) is 14.7. The van der Waals surface area contributed by atoms with Gasteiger partial charge in [0.1, 0.15) is 17.5 Å². The third kappa shape index (κ3) is 3.94. The number of carbonyl (C=O) groups excluding carboxylic acids is 1. The predicted molar refractivity (Wildman–Crippen MR) is 101 cm³/mol. The first kappa shape index (κ1) is 17.7. The molecule has 1 aromatic heterocycles. The maximum absolute atomic E-state index is 12.1. The fourth-order valence-corrected chi connectivity index (χ4v) is 3.18. The number of rotatable bonds is 6. The van der Waals surface area contributed by atoms with E-state index in [0.29, 0.717) is 36.5 Å². The van der Waals surface area contributed by atoms with Gasteiger partial charge in [-0.15, -0.1) is 0 Å². The van der Waals surface area contributed by atoms with Gasteiger partial charge in [0, 0.05) is 12.5 Å². The van der Waals surface area contributed by atoms with Gasteiger partial charge in [-0.1, -0.05) is 30.4 Å². The minimum absolute atomic E-state index is 0.0857. The van der Waals surface area contributed by atoms with Crippen molar-refractivity contribution in [3.8, 4) is 11.8 Å². The highest BCUT2D eigenvalue weighted by molar-refractivity contribution is 5.78. The first-order valence-electron chi connectivity index (χ1n) is 8.96. The molecule has 1 aliphatic rings. The fraction of sp³-hybridized carbons (Fsp3) is 0.350. The number of hydrogen-bond acceptors (Lipinski definition) is 4. The smallest absolute Gasteiger partial charge is 0.223 e. The zero-order valence-electron chi connectivity index (χ0n) is 14.7. The number of nitrogen functional groups attached to an aromatic ring is 1. The van der Waals surface area contributed by atoms with E-state index in [1.54, 1.807) is 4.68 Å². The first-order valence-corrected chi connectivity index (χ1v) is 8.96. The molecular formula is C20H23N5O. The van der Waals surface area contributed by atoms with Crippen molar-refractivity contribution in [2.24, 2.45) is 5.92 Å². The Morgan fingerprint density at radius 3 is 2.85 bits per heavy atom. The van der Waals surface area contributed by atoms with Crippen molar-refractivity contribution in [2.75, 3.05) is 12.3 Å². The summed E-state index contributed by atoms with van der Waals surface area (Å²) in [5.74, 6) is 0.554. The quantitative estimate of drug-likeness (QED) is 0.619. The summed E-state index contributed by atoms with van der Waals surface area (Å²) in [5, 5.41) is 16.9. The number of benzene rings is 1. The Morgan fingerprint density at radius 1 is 1.35 bits per heavy atom. The highest BCUT2D eigenvalue weighted by Gasteiger charge is 2.19. The fourth-order valence-electron chi connectivity index (χ4n) is 3.18. The van der Waals surface area contributed by atoms with Crippen LogP contribution in [-0.2, 0) is 11.2 Å². The summed E-state index contributed by atoms with van der Waals surface area (Å²) >= 11 is 0. The number of nitrogens with one attached hydrogen (secondary N) is 1. The second-order valence-electron chi connectivity index (χ2n) is 6.44. The van der Waals surface area contributed by atoms with E-state index in [2.05, 4.69) is 28.6 Å². The molecule has 1 amide bonds. The third-order valence-electron chi connectivity index (χ3n) is 4.64. The van der Waals surface area contributed by atoms with Crippen molar-refractivity contribution in [2.45, 2.75) is 32.1 Å². The summed E-state index contributed by atoms with van der Waals surface area (Å²) in [5.41, 5.74) is 8.01. The molecule has 26 heavy (non-hydrogen) atoms. The van der Waals surface area contributed by atoms with Crippen LogP contribution in [0.2, 0.25) is 0 Å². The lowest BCUT2D eigenvalue weighted by Crippen LogP contribution is -2.32. The number of amides is 1. The van der Waals surface area contributed by atoms with Crippen LogP contribution in [0.3, 0.4) is 0 Å². The Hall–Kier alpha value is -3.07. The molecule has 1 aliphatic carbocycles. The van der Waals surface area contributed by atoms with Crippen LogP contribution in [-0.4, -0.2) is 22.2 Å². The van der Waals surface area contributed by atoms with Crippen molar-refractivity contribution >= 4 is 11.7 Å². The summed E-state index contributed by atoms with van der Waals surface area (Å²) in [6, 6.07) is 11.7. The maximum atomic E-state index is 12.1. The highest BCUT2D eigenvalue weighted by Crippen LogP contribution is 2.21. The van der Waals surface area contributed by atoms with Gasteiger partial charge in [-0.3, -0.25) is 4.79 Å². The van der Waals surface area contributed by atoms with Crippen molar-refractivity contribution in [1.82, 2.24) is 15.1 Å². The zero-order chi connectivity index (χ0) is 18.4. The van der Waals surface area contributed by atoms with Gasteiger partial charge in [0.05, 0.1) is 11.4 Å². The molecule has 0 fully saturated rings. The lowest BCUT2D eigenvalue weighted by Gasteiger charge is -2.17. The molecule has 134 valence electrons. The van der Waals surface area contributed by atoms with Crippen LogP contribution < -0.4 is 11.1 Å². The summed E-state index contributed by atoms with van der Waals surface area (Å²) in [6.07, 6.45) is 8.22. The molecule has 6 nitrogen and oxygen atoms in total. The average Bonchev–Trinajstić information content (AvgIpc) is 3.01. The molecule has 0 bridgehead atoms. The molecule has 1 aromatic carbocycles. The minimum atomic E-state index is 0.0857. The number of nitrogens with zero attached hydrogens (tertiary/aromatic N) is 3. The molecule has 3 rings (SSSR count). The Morgan fingerprint density at radius 2 is 2.15 bits per heavy atom. The van der Waals surface area contributed by atoms with Crippen LogP contribution in [0.25, 0.3) is 5.69 Å². The Balaban J connectivity index is 1.59. The van der Waals surface area contributed by atoms with E-state index in [4.69, 9.17) is 5.73 Å². The predicted octanol–water partition coefficient (Wildman–Crippen LogP) is 2.73. The SMILES string of the molecule is N#Cc1c(CCCNC(=O)[C@H]2CC=CCC2)nn(-c2ccccc2)c1N. The number of anilines is 1. The summed E-state index contributed by atoms with van der Waals surface area (Å²) in [4.78, 5) is 12.1. The molecule has 0 saturated carbocycles. The normalized spacial score (nSPS) is 16.2. The molecule has 1 atom stereocenters. The molecule has 0 spiro atoms. The molecule has 1 heterocycles. The lowest BCUT2D eigenvalue weighted by molar-refractivity contribution is -0.125. The van der Waals surface area contributed by atoms with Crippen molar-refractivity contribution in [1.29, 1.82) is 5.26 Å². The van der Waals surface area contributed by atoms with Crippen LogP contribution >= 0.6 is 0 Å². The van der Waals surface area contributed by atoms with Crippen LogP contribution in [0.15, 0.2) is 42.5 Å². The summed E-state index contributed by atoms with van der Waals surface area (Å²) in [6.45, 7) is 0.571. The monoisotopic (exact) mass is 349 g/mol. The largest absolute Gasteiger partial charge is 0.382 e. The second kappa shape index (κ2) is 8.34. The van der Waals surface area contributed by atoms with Crippen molar-refractivity contribution < 1.29 is 4.79 Å². The standard InChI is InChI=1S/C20H23N5O/c21-14-17-18(24-25(19(17)22)16-10-5-2-6-11-16)12-7-13-23-20(26)15-8-3-1-4-9-15/h1-3,5-6,10-11,15H,4,7-9,12-13,22H2,(H,23,26)/t15-/m0/s1. The summed E-state index contributed by atoms with van der Waals surface area (Å²) < 4.78 is 1.60. The van der Waals surface area contributed by atoms with E-state index in [0.717, 1.165) is 24.9 Å². The Bertz CT molecular complexity index is 832. The van der Waals surface area contributed by atoms with Gasteiger partial charge in [-0.25, -0.2) is 4.68 Å². The van der Waals surface area contributed by atoms with Crippen LogP contribution in [0.4, 0.5) is 5.82 Å². The second-order valence-corrected chi connectivity index (χ2v) is 6.44. The molecule has 0 unspecified atom stereocenters. The maximum Gasteiger partial charge on any atom is 0.223 e. The highest BCUT2D eigenvalue weighted by atomic mass is 16.1. The van der Waals surface area contributed by atoms with Gasteiger partial charge in [0.25, 0.3) is 0 Å². The molecule has 3 N–H and O–H groups in total. The van der Waals surface area contributed by atoms with E-state index < -0.39 is 0 Å². The molecule has 0 saturated heterocycles. The van der Waals surface area contributed by atoms with Crippen molar-refractivity contribution in [3.63, 3.8) is 0 Å².